The van der Waals surface area contributed by atoms with Gasteiger partial charge in [0.1, 0.15) is 0 Å². The summed E-state index contributed by atoms with van der Waals surface area (Å²) in [5.74, 6) is 0. The summed E-state index contributed by atoms with van der Waals surface area (Å²) in [5, 5.41) is 0. The van der Waals surface area contributed by atoms with Crippen LogP contribution >= 0.6 is 0 Å². The van der Waals surface area contributed by atoms with Crippen molar-refractivity contribution in [3.8, 4) is 0 Å². The van der Waals surface area contributed by atoms with Gasteiger partial charge in [0, 0.05) is 42.3 Å². The van der Waals surface area contributed by atoms with Gasteiger partial charge >= 0.3 is 6.09 Å². The largest absolute Gasteiger partial charge is 0.450 e. The second kappa shape index (κ2) is 9.74. The van der Waals surface area contributed by atoms with Crippen LogP contribution in [0.2, 0.25) is 0 Å². The van der Waals surface area contributed by atoms with Gasteiger partial charge in [0.25, 0.3) is 0 Å². The first kappa shape index (κ1) is 23.8. The van der Waals surface area contributed by atoms with E-state index in [2.05, 4.69) is 70.2 Å². The normalized spacial score (nSPS) is 27.2. The Labute approximate surface area is 216 Å². The molecule has 0 aliphatic carbocycles. The molecule has 1 spiro atoms. The summed E-state index contributed by atoms with van der Waals surface area (Å²) in [7, 11) is 0. The number of hydrogen-bond donors (Lipinski definition) is 0. The molecule has 6 rings (SSSR count). The molecular formula is C31H41N3O2. The number of carbonyl (C=O) groups is 1. The molecule has 2 unspecified atom stereocenters. The minimum Gasteiger partial charge on any atom is -0.450 e. The van der Waals surface area contributed by atoms with Crippen LogP contribution in [-0.2, 0) is 23.1 Å². The Morgan fingerprint density at radius 1 is 0.972 bits per heavy atom. The van der Waals surface area contributed by atoms with E-state index >= 15 is 0 Å². The number of anilines is 1. The summed E-state index contributed by atoms with van der Waals surface area (Å²) in [5.41, 5.74) is 6.09. The molecule has 0 aromatic heterocycles. The fraction of sp³-hybridized carbons (Fsp3) is 0.581. The molecule has 192 valence electrons. The predicted molar refractivity (Wildman–Crippen MR) is 144 cm³/mol. The number of fused-ring (bicyclic) bond motifs is 4. The highest BCUT2D eigenvalue weighted by atomic mass is 16.6. The lowest BCUT2D eigenvalue weighted by Gasteiger charge is -2.52. The Bertz CT molecular complexity index is 1080. The van der Waals surface area contributed by atoms with Gasteiger partial charge in [-0.25, -0.2) is 4.79 Å². The molecule has 5 heteroatoms. The van der Waals surface area contributed by atoms with Gasteiger partial charge in [-0.05, 0) is 93.8 Å². The minimum atomic E-state index is -0.0907. The molecule has 4 aliphatic heterocycles. The molecule has 0 radical (unpaired) electrons. The quantitative estimate of drug-likeness (QED) is 0.550. The molecule has 2 aromatic rings. The lowest BCUT2D eigenvalue weighted by Crippen LogP contribution is -2.57. The third kappa shape index (κ3) is 4.19. The maximum atomic E-state index is 12.5. The zero-order valence-electron chi connectivity index (χ0n) is 22.0. The van der Waals surface area contributed by atoms with Crippen LogP contribution in [0.1, 0.15) is 69.1 Å². The Hall–Kier alpha value is -2.53. The summed E-state index contributed by atoms with van der Waals surface area (Å²) < 4.78 is 5.38. The van der Waals surface area contributed by atoms with Crippen molar-refractivity contribution in [2.24, 2.45) is 0 Å². The molecule has 4 aliphatic rings. The smallest absolute Gasteiger partial charge is 0.410 e. The van der Waals surface area contributed by atoms with Crippen LogP contribution in [-0.4, -0.2) is 60.3 Å². The SMILES string of the molecule is CCOC(=O)N1C2CCC1CC(N1CCC3(CC1)CN(c1cccc(CC)c1)Cc1ccccc13)C2. The first-order chi connectivity index (χ1) is 17.6. The fourth-order valence-corrected chi connectivity index (χ4v) is 7.73. The van der Waals surface area contributed by atoms with Gasteiger partial charge in [-0.3, -0.25) is 0 Å². The van der Waals surface area contributed by atoms with E-state index in [0.29, 0.717) is 24.7 Å². The average molecular weight is 488 g/mol. The van der Waals surface area contributed by atoms with Crippen LogP contribution in [0.15, 0.2) is 48.5 Å². The summed E-state index contributed by atoms with van der Waals surface area (Å²) in [4.78, 5) is 20.0. The zero-order chi connectivity index (χ0) is 24.7. The number of rotatable bonds is 4. The molecule has 5 nitrogen and oxygen atoms in total. The first-order valence-electron chi connectivity index (χ1n) is 14.2. The summed E-state index contributed by atoms with van der Waals surface area (Å²) >= 11 is 0. The van der Waals surface area contributed by atoms with E-state index in [-0.39, 0.29) is 11.5 Å². The second-order valence-electron chi connectivity index (χ2n) is 11.5. The Balaban J connectivity index is 1.18. The standard InChI is InChI=1S/C31H41N3O2/c1-3-23-8-7-10-25(18-23)33-21-24-9-5-6-11-29(24)31(22-33)14-16-32(17-15-31)28-19-26-12-13-27(20-28)34(26)30(35)36-4-2/h5-11,18,26-28H,3-4,12-17,19-22H2,1-2H3. The van der Waals surface area contributed by atoms with Crippen LogP contribution in [0.5, 0.6) is 0 Å². The zero-order valence-corrected chi connectivity index (χ0v) is 22.0. The number of likely N-dealkylation sites (tertiary alicyclic amines) is 1. The van der Waals surface area contributed by atoms with Crippen molar-refractivity contribution >= 4 is 11.8 Å². The number of piperidine rings is 2. The first-order valence-corrected chi connectivity index (χ1v) is 14.2. The number of aryl methyl sites for hydroxylation is 1. The molecule has 2 atom stereocenters. The molecule has 2 aromatic carbocycles. The lowest BCUT2D eigenvalue weighted by atomic mass is 9.68. The van der Waals surface area contributed by atoms with Gasteiger partial charge in [0.2, 0.25) is 0 Å². The predicted octanol–water partition coefficient (Wildman–Crippen LogP) is 5.75. The molecular weight excluding hydrogens is 446 g/mol. The van der Waals surface area contributed by atoms with Gasteiger partial charge in [-0.2, -0.15) is 0 Å². The third-order valence-electron chi connectivity index (χ3n) is 9.59. The highest BCUT2D eigenvalue weighted by molar-refractivity contribution is 5.69. The van der Waals surface area contributed by atoms with Crippen molar-refractivity contribution in [3.05, 3.63) is 65.2 Å². The van der Waals surface area contributed by atoms with Gasteiger partial charge in [0.05, 0.1) is 6.61 Å². The monoisotopic (exact) mass is 487 g/mol. The topological polar surface area (TPSA) is 36.0 Å². The maximum absolute atomic E-state index is 12.5. The van der Waals surface area contributed by atoms with Crippen molar-refractivity contribution in [1.29, 1.82) is 0 Å². The highest BCUT2D eigenvalue weighted by Gasteiger charge is 2.48. The van der Waals surface area contributed by atoms with Crippen LogP contribution < -0.4 is 4.90 Å². The molecule has 4 heterocycles. The summed E-state index contributed by atoms with van der Waals surface area (Å²) in [6.45, 7) is 9.03. The number of ether oxygens (including phenoxy) is 1. The molecule has 36 heavy (non-hydrogen) atoms. The van der Waals surface area contributed by atoms with E-state index in [4.69, 9.17) is 4.74 Å². The third-order valence-corrected chi connectivity index (χ3v) is 9.59. The molecule has 3 saturated heterocycles. The maximum Gasteiger partial charge on any atom is 0.410 e. The van der Waals surface area contributed by atoms with E-state index in [1.807, 2.05) is 6.92 Å². The van der Waals surface area contributed by atoms with Gasteiger partial charge in [0.15, 0.2) is 0 Å². The highest BCUT2D eigenvalue weighted by Crippen LogP contribution is 2.45. The Morgan fingerprint density at radius 2 is 1.72 bits per heavy atom. The van der Waals surface area contributed by atoms with Crippen molar-refractivity contribution in [1.82, 2.24) is 9.80 Å². The van der Waals surface area contributed by atoms with Gasteiger partial charge < -0.3 is 19.4 Å². The van der Waals surface area contributed by atoms with Crippen LogP contribution in [0.3, 0.4) is 0 Å². The van der Waals surface area contributed by atoms with Crippen molar-refractivity contribution in [3.63, 3.8) is 0 Å². The van der Waals surface area contributed by atoms with Crippen LogP contribution in [0.4, 0.5) is 10.5 Å². The minimum absolute atomic E-state index is 0.0907. The van der Waals surface area contributed by atoms with Crippen molar-refractivity contribution in [2.75, 3.05) is 31.1 Å². The fourth-order valence-electron chi connectivity index (χ4n) is 7.73. The molecule has 0 saturated carbocycles. The van der Waals surface area contributed by atoms with Crippen molar-refractivity contribution in [2.45, 2.75) is 88.9 Å². The number of hydrogen-bond acceptors (Lipinski definition) is 4. The summed E-state index contributed by atoms with van der Waals surface area (Å²) in [6, 6.07) is 19.7. The molecule has 1 amide bonds. The van der Waals surface area contributed by atoms with E-state index in [1.54, 1.807) is 5.56 Å². The Morgan fingerprint density at radius 3 is 2.44 bits per heavy atom. The van der Waals surface area contributed by atoms with Crippen LogP contribution in [0, 0.1) is 0 Å². The molecule has 3 fully saturated rings. The Kier molecular flexibility index (Phi) is 6.45. The summed E-state index contributed by atoms with van der Waals surface area (Å²) in [6.07, 6.45) is 7.89. The van der Waals surface area contributed by atoms with E-state index in [9.17, 15) is 4.79 Å². The average Bonchev–Trinajstić information content (AvgIpc) is 3.18. The van der Waals surface area contributed by atoms with E-state index in [0.717, 1.165) is 58.3 Å². The molecule has 2 bridgehead atoms. The van der Waals surface area contributed by atoms with Crippen molar-refractivity contribution < 1.29 is 9.53 Å². The number of carbonyl (C=O) groups excluding carboxylic acids is 1. The van der Waals surface area contributed by atoms with E-state index < -0.39 is 0 Å². The number of benzene rings is 2. The van der Waals surface area contributed by atoms with Gasteiger partial charge in [-0.15, -0.1) is 0 Å². The lowest BCUT2D eigenvalue weighted by molar-refractivity contribution is 0.0270. The number of nitrogens with zero attached hydrogens (tertiary/aromatic N) is 3. The van der Waals surface area contributed by atoms with Gasteiger partial charge in [-0.1, -0.05) is 43.3 Å². The molecule has 0 N–H and O–H groups in total. The number of amides is 1. The second-order valence-corrected chi connectivity index (χ2v) is 11.5. The van der Waals surface area contributed by atoms with E-state index in [1.165, 1.54) is 29.7 Å². The van der Waals surface area contributed by atoms with Crippen LogP contribution in [0.25, 0.3) is 0 Å².